The van der Waals surface area contributed by atoms with Crippen molar-refractivity contribution in [2.75, 3.05) is 6.61 Å². The van der Waals surface area contributed by atoms with Crippen LogP contribution in [-0.2, 0) is 18.7 Å². The summed E-state index contributed by atoms with van der Waals surface area (Å²) in [4.78, 5) is 15.7. The molecule has 1 aliphatic heterocycles. The number of ether oxygens (including phenoxy) is 2. The second-order valence-corrected chi connectivity index (χ2v) is 15.8. The third-order valence-corrected chi connectivity index (χ3v) is 13.1. The van der Waals surface area contributed by atoms with Gasteiger partial charge in [-0.05, 0) is 52.2 Å². The zero-order valence-corrected chi connectivity index (χ0v) is 22.0. The summed E-state index contributed by atoms with van der Waals surface area (Å²) in [6.45, 7) is 10.9. The first-order chi connectivity index (χ1) is 16.6. The van der Waals surface area contributed by atoms with Crippen molar-refractivity contribution in [2.24, 2.45) is 22.4 Å². The Morgan fingerprint density at radius 2 is 1.66 bits per heavy atom. The molecule has 7 nitrogen and oxygen atoms in total. The van der Waals surface area contributed by atoms with Gasteiger partial charge in [0.05, 0.1) is 11.5 Å². The predicted octanol–water partition coefficient (Wildman–Crippen LogP) is 4.56. The molecule has 1 heterocycles. The normalized spacial score (nSPS) is 30.8. The Bertz CT molecular complexity index is 1120. The molecule has 2 saturated carbocycles. The number of fused-ring (bicyclic) bond motifs is 3. The molecule has 35 heavy (non-hydrogen) atoms. The minimum absolute atomic E-state index is 0.0183. The van der Waals surface area contributed by atoms with Crippen LogP contribution in [0.25, 0.3) is 10.4 Å². The van der Waals surface area contributed by atoms with Gasteiger partial charge < -0.3 is 13.9 Å². The largest absolute Gasteiger partial charge is 0.407 e. The fourth-order valence-electron chi connectivity index (χ4n) is 6.59. The molecule has 0 unspecified atom stereocenters. The van der Waals surface area contributed by atoms with Crippen molar-refractivity contribution >= 4 is 24.6 Å². The molecular weight excluding hydrogens is 458 g/mol. The molecule has 5 atom stereocenters. The van der Waals surface area contributed by atoms with E-state index in [0.717, 1.165) is 0 Å². The minimum Gasteiger partial charge on any atom is -0.407 e. The Labute approximate surface area is 207 Å². The van der Waals surface area contributed by atoms with E-state index in [0.29, 0.717) is 13.0 Å². The second kappa shape index (κ2) is 8.29. The fraction of sp³-hybridized carbons (Fsp3) is 0.519. The van der Waals surface area contributed by atoms with Gasteiger partial charge in [0.2, 0.25) is 5.91 Å². The van der Waals surface area contributed by atoms with Crippen LogP contribution in [0.1, 0.15) is 41.0 Å². The fourth-order valence-corrected chi connectivity index (χ4v) is 11.2. The third-order valence-electron chi connectivity index (χ3n) is 8.08. The molecule has 1 amide bonds. The zero-order valence-electron chi connectivity index (χ0n) is 21.0. The summed E-state index contributed by atoms with van der Waals surface area (Å²) in [6.07, 6.45) is -0.0617. The number of hydrogen-bond acceptors (Lipinski definition) is 4. The number of carbonyl (C=O) groups excluding carboxylic acids is 1. The van der Waals surface area contributed by atoms with Gasteiger partial charge in [-0.15, -0.1) is 0 Å². The molecule has 0 spiro atoms. The number of rotatable bonds is 6. The van der Waals surface area contributed by atoms with Gasteiger partial charge in [-0.2, -0.15) is 0 Å². The molecule has 184 valence electrons. The van der Waals surface area contributed by atoms with Gasteiger partial charge in [0.15, 0.2) is 5.79 Å². The number of carbonyl (C=O) groups is 1. The molecule has 2 aromatic carbocycles. The van der Waals surface area contributed by atoms with Crippen LogP contribution in [0.4, 0.5) is 0 Å². The maximum Gasteiger partial charge on any atom is 0.261 e. The summed E-state index contributed by atoms with van der Waals surface area (Å²) in [6, 6.07) is 21.0. The van der Waals surface area contributed by atoms with E-state index in [4.69, 9.17) is 19.4 Å². The highest BCUT2D eigenvalue weighted by Crippen LogP contribution is 2.70. The first-order valence-electron chi connectivity index (χ1n) is 12.3. The quantitative estimate of drug-likeness (QED) is 0.256. The van der Waals surface area contributed by atoms with Crippen LogP contribution >= 0.6 is 0 Å². The summed E-state index contributed by atoms with van der Waals surface area (Å²) >= 11 is 0. The zero-order chi connectivity index (χ0) is 25.1. The summed E-state index contributed by atoms with van der Waals surface area (Å²) in [5.74, 6) is -1.25. The molecule has 8 heteroatoms. The van der Waals surface area contributed by atoms with Crippen LogP contribution in [-0.4, -0.2) is 38.8 Å². The number of benzene rings is 2. The van der Waals surface area contributed by atoms with Crippen molar-refractivity contribution in [1.82, 2.24) is 0 Å². The molecule has 3 aliphatic rings. The highest BCUT2D eigenvalue weighted by molar-refractivity contribution is 6.99. The Hall–Kier alpha value is -2.48. The molecule has 2 aliphatic carbocycles. The standard InChI is InChI=1S/C27H33N3O4Si/c1-25(2,3)35(18-12-8-6-9-13-18,19-14-10-7-11-15-19)32-17-20-21-16-27(21,24(31)29-30-28)23-22(20)33-26(4,5)34-23/h6-15,20-23H,16-17H2,1-5H3/t20-,21-,22+,23+,27-/m0/s1. The van der Waals surface area contributed by atoms with Gasteiger partial charge in [-0.1, -0.05) is 81.4 Å². The molecule has 5 rings (SSSR count). The number of nitrogens with zero attached hydrogens (tertiary/aromatic N) is 3. The van der Waals surface area contributed by atoms with Crippen molar-refractivity contribution in [3.8, 4) is 0 Å². The number of hydrogen-bond donors (Lipinski definition) is 0. The van der Waals surface area contributed by atoms with E-state index in [1.165, 1.54) is 10.4 Å². The van der Waals surface area contributed by atoms with E-state index in [1.807, 2.05) is 26.0 Å². The van der Waals surface area contributed by atoms with E-state index in [2.05, 4.69) is 79.3 Å². The van der Waals surface area contributed by atoms with Crippen molar-refractivity contribution < 1.29 is 18.7 Å². The Balaban J connectivity index is 1.54. The van der Waals surface area contributed by atoms with Crippen LogP contribution in [0.2, 0.25) is 5.04 Å². The first-order valence-corrected chi connectivity index (χ1v) is 14.2. The minimum atomic E-state index is -2.74. The Morgan fingerprint density at radius 1 is 1.09 bits per heavy atom. The molecule has 0 N–H and O–H groups in total. The van der Waals surface area contributed by atoms with Gasteiger partial charge in [0.1, 0.15) is 6.10 Å². The van der Waals surface area contributed by atoms with Crippen LogP contribution < -0.4 is 10.4 Å². The molecule has 0 radical (unpaired) electrons. The SMILES string of the molecule is CC1(C)O[C@@H]2[C@@H](CO[Si](c3ccccc3)(c3ccccc3)C(C)(C)C)[C@@H]3C[C@@]3(C(=O)N=[N+]=[N-])[C@@H]2O1. The lowest BCUT2D eigenvalue weighted by Gasteiger charge is -2.44. The van der Waals surface area contributed by atoms with Crippen molar-refractivity contribution in [1.29, 1.82) is 0 Å². The lowest BCUT2D eigenvalue weighted by atomic mass is 9.97. The highest BCUT2D eigenvalue weighted by Gasteiger charge is 2.78. The average molecular weight is 492 g/mol. The highest BCUT2D eigenvalue weighted by atomic mass is 28.4. The summed E-state index contributed by atoms with van der Waals surface area (Å²) in [5.41, 5.74) is 8.14. The molecular formula is C27H33N3O4Si. The number of azide groups is 1. The van der Waals surface area contributed by atoms with E-state index in [1.54, 1.807) is 0 Å². The van der Waals surface area contributed by atoms with E-state index in [-0.39, 0.29) is 23.0 Å². The van der Waals surface area contributed by atoms with Crippen molar-refractivity contribution in [2.45, 2.75) is 64.1 Å². The van der Waals surface area contributed by atoms with Gasteiger partial charge >= 0.3 is 0 Å². The lowest BCUT2D eigenvalue weighted by Crippen LogP contribution is -2.67. The van der Waals surface area contributed by atoms with Crippen LogP contribution in [0.15, 0.2) is 65.8 Å². The Kier molecular flexibility index (Phi) is 5.73. The van der Waals surface area contributed by atoms with Crippen LogP contribution in [0.5, 0.6) is 0 Å². The maximum atomic E-state index is 12.9. The summed E-state index contributed by atoms with van der Waals surface area (Å²) in [5, 5.41) is 5.75. The van der Waals surface area contributed by atoms with E-state index < -0.39 is 31.5 Å². The van der Waals surface area contributed by atoms with Crippen molar-refractivity contribution in [3.05, 3.63) is 71.1 Å². The lowest BCUT2D eigenvalue weighted by molar-refractivity contribution is -0.165. The number of amides is 1. The second-order valence-electron chi connectivity index (χ2n) is 11.5. The van der Waals surface area contributed by atoms with Crippen LogP contribution in [0.3, 0.4) is 0 Å². The van der Waals surface area contributed by atoms with Crippen molar-refractivity contribution in [3.63, 3.8) is 0 Å². The van der Waals surface area contributed by atoms with Gasteiger partial charge in [0.25, 0.3) is 8.32 Å². The van der Waals surface area contributed by atoms with Gasteiger partial charge in [0, 0.05) is 17.4 Å². The molecule has 0 aromatic heterocycles. The van der Waals surface area contributed by atoms with Gasteiger partial charge in [-0.25, -0.2) is 0 Å². The third kappa shape index (κ3) is 3.67. The Morgan fingerprint density at radius 3 is 2.17 bits per heavy atom. The molecule has 0 bridgehead atoms. The van der Waals surface area contributed by atoms with E-state index >= 15 is 0 Å². The maximum absolute atomic E-state index is 12.9. The molecule has 3 fully saturated rings. The predicted molar refractivity (Wildman–Crippen MR) is 136 cm³/mol. The summed E-state index contributed by atoms with van der Waals surface area (Å²) < 4.78 is 19.8. The topological polar surface area (TPSA) is 93.5 Å². The smallest absolute Gasteiger partial charge is 0.261 e. The molecule has 2 aromatic rings. The monoisotopic (exact) mass is 491 g/mol. The van der Waals surface area contributed by atoms with E-state index in [9.17, 15) is 4.79 Å². The van der Waals surface area contributed by atoms with Gasteiger partial charge in [-0.3, -0.25) is 4.79 Å². The van der Waals surface area contributed by atoms with Crippen LogP contribution in [0, 0.1) is 17.3 Å². The first kappa shape index (κ1) is 24.2. The summed E-state index contributed by atoms with van der Waals surface area (Å²) in [7, 11) is -2.74. The molecule has 1 saturated heterocycles. The average Bonchev–Trinajstić information content (AvgIpc) is 3.40.